The lowest BCUT2D eigenvalue weighted by atomic mass is 10.1. The molecular weight excluding hydrogens is 237 g/mol. The van der Waals surface area contributed by atoms with Crippen LogP contribution in [0.15, 0.2) is 30.5 Å². The zero-order chi connectivity index (χ0) is 12.1. The van der Waals surface area contributed by atoms with Gasteiger partial charge >= 0.3 is 0 Å². The highest BCUT2D eigenvalue weighted by Gasteiger charge is 2.01. The van der Waals surface area contributed by atoms with Crippen LogP contribution >= 0.6 is 11.3 Å². The second-order valence-corrected chi connectivity index (χ2v) is 4.83. The van der Waals surface area contributed by atoms with Crippen LogP contribution in [0, 0.1) is 5.82 Å². The van der Waals surface area contributed by atoms with Gasteiger partial charge in [-0.1, -0.05) is 18.2 Å². The number of halogens is 1. The summed E-state index contributed by atoms with van der Waals surface area (Å²) in [6, 6.07) is 6.84. The molecule has 2 aromatic rings. The Hall–Kier alpha value is -1.46. The monoisotopic (exact) mass is 251 g/mol. The second kappa shape index (κ2) is 5.75. The van der Waals surface area contributed by atoms with E-state index in [-0.39, 0.29) is 5.82 Å². The Bertz CT molecular complexity index is 484. The third kappa shape index (κ3) is 3.51. The minimum atomic E-state index is -0.142. The Morgan fingerprint density at radius 1 is 1.35 bits per heavy atom. The van der Waals surface area contributed by atoms with Crippen LogP contribution in [0.3, 0.4) is 0 Å². The lowest BCUT2D eigenvalue weighted by molar-refractivity contribution is 0.598. The molecule has 1 aromatic heterocycles. The fourth-order valence-electron chi connectivity index (χ4n) is 1.54. The minimum absolute atomic E-state index is 0.142. The van der Waals surface area contributed by atoms with Crippen LogP contribution in [-0.2, 0) is 13.0 Å². The van der Waals surface area contributed by atoms with Crippen LogP contribution in [0.2, 0.25) is 0 Å². The van der Waals surface area contributed by atoms with Gasteiger partial charge in [0.1, 0.15) is 5.82 Å². The summed E-state index contributed by atoms with van der Waals surface area (Å²) in [5, 5.41) is 3.82. The number of nitrogens with two attached hydrogens (primary N) is 1. The molecule has 3 N–H and O–H groups in total. The van der Waals surface area contributed by atoms with Crippen LogP contribution in [0.5, 0.6) is 0 Å². The van der Waals surface area contributed by atoms with E-state index < -0.39 is 0 Å². The van der Waals surface area contributed by atoms with Gasteiger partial charge in [0.05, 0.1) is 0 Å². The summed E-state index contributed by atoms with van der Waals surface area (Å²) < 4.78 is 13.3. The fraction of sp³-hybridized carbons (Fsp3) is 0.250. The smallest absolute Gasteiger partial charge is 0.180 e. The van der Waals surface area contributed by atoms with Gasteiger partial charge in [-0.25, -0.2) is 9.37 Å². The summed E-state index contributed by atoms with van der Waals surface area (Å²) in [5.41, 5.74) is 6.26. The van der Waals surface area contributed by atoms with Crippen molar-refractivity contribution in [2.24, 2.45) is 0 Å². The van der Waals surface area contributed by atoms with Crippen LogP contribution in [-0.4, -0.2) is 11.5 Å². The highest BCUT2D eigenvalue weighted by molar-refractivity contribution is 7.15. The van der Waals surface area contributed by atoms with Gasteiger partial charge in [-0.3, -0.25) is 0 Å². The van der Waals surface area contributed by atoms with E-state index in [0.717, 1.165) is 23.5 Å². The molecule has 17 heavy (non-hydrogen) atoms. The highest BCUT2D eigenvalue weighted by atomic mass is 32.1. The van der Waals surface area contributed by atoms with Crippen molar-refractivity contribution in [2.45, 2.75) is 13.0 Å². The molecule has 0 saturated carbocycles. The molecule has 0 spiro atoms. The average molecular weight is 251 g/mol. The van der Waals surface area contributed by atoms with Crippen LogP contribution in [0.25, 0.3) is 0 Å². The summed E-state index contributed by atoms with van der Waals surface area (Å²) >= 11 is 1.47. The number of nitrogen functional groups attached to an aromatic ring is 1. The van der Waals surface area contributed by atoms with Crippen molar-refractivity contribution in [3.63, 3.8) is 0 Å². The molecule has 2 rings (SSSR count). The molecule has 90 valence electrons. The predicted molar refractivity (Wildman–Crippen MR) is 68.3 cm³/mol. The maximum Gasteiger partial charge on any atom is 0.180 e. The Kier molecular flexibility index (Phi) is 4.06. The number of anilines is 1. The lowest BCUT2D eigenvalue weighted by Gasteiger charge is -2.04. The number of thiazole rings is 1. The molecule has 0 bridgehead atoms. The number of hydrogen-bond acceptors (Lipinski definition) is 4. The zero-order valence-corrected chi connectivity index (χ0v) is 10.1. The maximum absolute atomic E-state index is 13.3. The number of aromatic nitrogens is 1. The molecule has 0 radical (unpaired) electrons. The number of hydrogen-bond donors (Lipinski definition) is 2. The third-order valence-corrected chi connectivity index (χ3v) is 3.23. The van der Waals surface area contributed by atoms with E-state index in [1.807, 2.05) is 12.1 Å². The van der Waals surface area contributed by atoms with Gasteiger partial charge in [0.15, 0.2) is 5.13 Å². The molecule has 0 unspecified atom stereocenters. The Balaban J connectivity index is 1.75. The highest BCUT2D eigenvalue weighted by Crippen LogP contribution is 2.13. The van der Waals surface area contributed by atoms with Crippen molar-refractivity contribution in [3.05, 3.63) is 46.7 Å². The van der Waals surface area contributed by atoms with Gasteiger partial charge in [0.2, 0.25) is 0 Å². The summed E-state index contributed by atoms with van der Waals surface area (Å²) in [7, 11) is 0. The summed E-state index contributed by atoms with van der Waals surface area (Å²) in [5.74, 6) is -0.142. The average Bonchev–Trinajstić information content (AvgIpc) is 2.73. The van der Waals surface area contributed by atoms with Gasteiger partial charge in [-0.15, -0.1) is 11.3 Å². The quantitative estimate of drug-likeness (QED) is 0.801. The SMILES string of the molecule is Nc1ncc(CNCCc2ccccc2F)s1. The molecule has 0 atom stereocenters. The first kappa shape index (κ1) is 12.0. The van der Waals surface area contributed by atoms with Crippen LogP contribution < -0.4 is 11.1 Å². The van der Waals surface area contributed by atoms with E-state index in [1.165, 1.54) is 17.4 Å². The first-order valence-electron chi connectivity index (χ1n) is 5.40. The molecule has 3 nitrogen and oxygen atoms in total. The summed E-state index contributed by atoms with van der Waals surface area (Å²) in [6.45, 7) is 1.46. The van der Waals surface area contributed by atoms with Crippen molar-refractivity contribution in [1.82, 2.24) is 10.3 Å². The molecule has 0 aliphatic heterocycles. The number of rotatable bonds is 5. The third-order valence-electron chi connectivity index (χ3n) is 2.40. The van der Waals surface area contributed by atoms with Gasteiger partial charge in [-0.2, -0.15) is 0 Å². The second-order valence-electron chi connectivity index (χ2n) is 3.68. The van der Waals surface area contributed by atoms with Crippen molar-refractivity contribution >= 4 is 16.5 Å². The number of nitrogens with zero attached hydrogens (tertiary/aromatic N) is 1. The molecule has 5 heteroatoms. The Morgan fingerprint density at radius 3 is 2.88 bits per heavy atom. The number of nitrogens with one attached hydrogen (secondary N) is 1. The minimum Gasteiger partial charge on any atom is -0.375 e. The topological polar surface area (TPSA) is 50.9 Å². The van der Waals surface area contributed by atoms with E-state index >= 15 is 0 Å². The van der Waals surface area contributed by atoms with E-state index in [9.17, 15) is 4.39 Å². The first-order chi connectivity index (χ1) is 8.25. The predicted octanol–water partition coefficient (Wildman–Crippen LogP) is 2.20. The Labute approximate surface area is 103 Å². The molecule has 0 aliphatic carbocycles. The largest absolute Gasteiger partial charge is 0.375 e. The number of benzene rings is 1. The van der Waals surface area contributed by atoms with Crippen molar-refractivity contribution in [1.29, 1.82) is 0 Å². The van der Waals surface area contributed by atoms with Crippen LogP contribution in [0.1, 0.15) is 10.4 Å². The zero-order valence-electron chi connectivity index (χ0n) is 9.32. The van der Waals surface area contributed by atoms with E-state index in [2.05, 4.69) is 10.3 Å². The van der Waals surface area contributed by atoms with Gasteiger partial charge < -0.3 is 11.1 Å². The van der Waals surface area contributed by atoms with Crippen molar-refractivity contribution in [2.75, 3.05) is 12.3 Å². The Morgan fingerprint density at radius 2 is 2.18 bits per heavy atom. The van der Waals surface area contributed by atoms with E-state index in [0.29, 0.717) is 11.6 Å². The van der Waals surface area contributed by atoms with Gasteiger partial charge in [0.25, 0.3) is 0 Å². The maximum atomic E-state index is 13.3. The molecular formula is C12H14FN3S. The lowest BCUT2D eigenvalue weighted by Crippen LogP contribution is -2.16. The molecule has 1 aromatic carbocycles. The summed E-state index contributed by atoms with van der Waals surface area (Å²) in [4.78, 5) is 5.06. The molecule has 0 fully saturated rings. The van der Waals surface area contributed by atoms with Crippen LogP contribution in [0.4, 0.5) is 9.52 Å². The standard InChI is InChI=1S/C12H14FN3S/c13-11-4-2-1-3-9(11)5-6-15-7-10-8-16-12(14)17-10/h1-4,8,15H,5-7H2,(H2,14,16). The van der Waals surface area contributed by atoms with Gasteiger partial charge in [0, 0.05) is 17.6 Å². The normalized spacial score (nSPS) is 10.6. The van der Waals surface area contributed by atoms with Crippen molar-refractivity contribution in [3.8, 4) is 0 Å². The van der Waals surface area contributed by atoms with Gasteiger partial charge in [-0.05, 0) is 24.6 Å². The summed E-state index contributed by atoms with van der Waals surface area (Å²) in [6.07, 6.45) is 2.44. The molecule has 0 amide bonds. The van der Waals surface area contributed by atoms with Crippen molar-refractivity contribution < 1.29 is 4.39 Å². The first-order valence-corrected chi connectivity index (χ1v) is 6.21. The molecule has 0 saturated heterocycles. The van der Waals surface area contributed by atoms with E-state index in [4.69, 9.17) is 5.73 Å². The fourth-order valence-corrected chi connectivity index (χ4v) is 2.19. The van der Waals surface area contributed by atoms with E-state index in [1.54, 1.807) is 12.3 Å². The molecule has 0 aliphatic rings. The molecule has 1 heterocycles.